The van der Waals surface area contributed by atoms with Crippen molar-refractivity contribution in [1.29, 1.82) is 0 Å². The van der Waals surface area contributed by atoms with Gasteiger partial charge in [-0.3, -0.25) is 0 Å². The van der Waals surface area contributed by atoms with Crippen LogP contribution in [0.15, 0.2) is 17.2 Å². The number of carbonyl (C=O) groups is 1. The number of aliphatic hydroxyl groups is 1. The van der Waals surface area contributed by atoms with Gasteiger partial charge in [0.25, 0.3) is 0 Å². The van der Waals surface area contributed by atoms with Crippen LogP contribution in [-0.4, -0.2) is 54.8 Å². The second kappa shape index (κ2) is 11.5. The molecular weight excluding hydrogens is 639 g/mol. The van der Waals surface area contributed by atoms with Gasteiger partial charge < -0.3 is 14.6 Å². The van der Waals surface area contributed by atoms with Crippen molar-refractivity contribution in [3.8, 4) is 5.69 Å². The maximum absolute atomic E-state index is 13.7. The fourth-order valence-corrected chi connectivity index (χ4v) is 4.70. The highest BCUT2D eigenvalue weighted by Gasteiger charge is 2.41. The highest BCUT2D eigenvalue weighted by molar-refractivity contribution is 7.98. The van der Waals surface area contributed by atoms with E-state index in [9.17, 15) is 36.2 Å². The number of aliphatic hydroxyl groups excluding tert-OH is 1. The summed E-state index contributed by atoms with van der Waals surface area (Å²) >= 11 is 13.2. The Morgan fingerprint density at radius 3 is 1.95 bits per heavy atom. The van der Waals surface area contributed by atoms with Gasteiger partial charge in [-0.25, -0.2) is 24.3 Å². The fraction of sp³-hybridized carbons (Fsp3) is 0.500. The van der Waals surface area contributed by atoms with Gasteiger partial charge in [-0.15, -0.1) is 16.9 Å². The van der Waals surface area contributed by atoms with E-state index in [1.165, 1.54) is 47.8 Å². The van der Waals surface area contributed by atoms with Crippen LogP contribution in [0.3, 0.4) is 0 Å². The van der Waals surface area contributed by atoms with Gasteiger partial charge in [-0.1, -0.05) is 23.2 Å². The Bertz CT molecular complexity index is 1480. The van der Waals surface area contributed by atoms with Gasteiger partial charge >= 0.3 is 18.4 Å². The van der Waals surface area contributed by atoms with Crippen molar-refractivity contribution < 1.29 is 45.7 Å². The van der Waals surface area contributed by atoms with Gasteiger partial charge in [-0.05, 0) is 59.9 Å². The lowest BCUT2D eigenvalue weighted by Crippen LogP contribution is -2.48. The number of alkyl halides is 6. The van der Waals surface area contributed by atoms with E-state index in [4.69, 9.17) is 32.7 Å². The number of ether oxygens (including phenoxy) is 2. The predicted molar refractivity (Wildman–Crippen MR) is 144 cm³/mol. The molecule has 2 aromatic heterocycles. The number of nitrogens with zero attached hydrogens (tertiary/aromatic N) is 5. The zero-order valence-electron chi connectivity index (χ0n) is 23.1. The number of hydrogen-bond donors (Lipinski definition) is 1. The summed E-state index contributed by atoms with van der Waals surface area (Å²) in [6.07, 6.45) is -12.0. The molecule has 42 heavy (non-hydrogen) atoms. The number of anilines is 1. The summed E-state index contributed by atoms with van der Waals surface area (Å²) in [4.78, 5) is 21.1. The highest BCUT2D eigenvalue weighted by atomic mass is 35.5. The minimum absolute atomic E-state index is 0.315. The van der Waals surface area contributed by atoms with Crippen molar-refractivity contribution in [1.82, 2.24) is 19.7 Å². The molecule has 0 aliphatic heterocycles. The molecule has 3 aromatic rings. The Kier molecular flexibility index (Phi) is 9.32. The minimum atomic E-state index is -5.02. The summed E-state index contributed by atoms with van der Waals surface area (Å²) in [7, 11) is 0. The first kappa shape index (κ1) is 34.0. The summed E-state index contributed by atoms with van der Waals surface area (Å²) in [5.74, 6) is -2.13. The third kappa shape index (κ3) is 7.51. The lowest BCUT2D eigenvalue weighted by molar-refractivity contribution is -0.163. The molecule has 18 heteroatoms. The third-order valence-corrected chi connectivity index (χ3v) is 6.24. The van der Waals surface area contributed by atoms with Crippen molar-refractivity contribution in [2.24, 2.45) is 0 Å². The number of aromatic nitrogens is 4. The molecule has 0 radical (unpaired) electrons. The molecule has 3 rings (SSSR count). The summed E-state index contributed by atoms with van der Waals surface area (Å²) in [5.41, 5.74) is -4.63. The van der Waals surface area contributed by atoms with Crippen LogP contribution in [0.25, 0.3) is 16.7 Å². The number of hydrogen-bond acceptors (Lipinski definition) is 8. The highest BCUT2D eigenvalue weighted by Crippen LogP contribution is 2.43. The molecule has 9 nitrogen and oxygen atoms in total. The van der Waals surface area contributed by atoms with E-state index in [1.807, 2.05) is 0 Å². The molecule has 0 fully saturated rings. The van der Waals surface area contributed by atoms with Crippen LogP contribution in [0, 0.1) is 0 Å². The quantitative estimate of drug-likeness (QED) is 0.128. The topological polar surface area (TPSA) is 103 Å². The molecule has 232 valence electrons. The number of thioether (sulfide) groups is 1. The van der Waals surface area contributed by atoms with Crippen LogP contribution >= 0.6 is 35.0 Å². The first-order chi connectivity index (χ1) is 18.9. The van der Waals surface area contributed by atoms with Crippen molar-refractivity contribution in [3.05, 3.63) is 33.6 Å². The average molecular weight is 664 g/mol. The Morgan fingerprint density at radius 1 is 0.976 bits per heavy atom. The van der Waals surface area contributed by atoms with Crippen molar-refractivity contribution in [2.45, 2.75) is 76.5 Å². The van der Waals surface area contributed by atoms with E-state index in [0.29, 0.717) is 33.5 Å². The molecule has 0 saturated heterocycles. The van der Waals surface area contributed by atoms with Crippen LogP contribution in [0.1, 0.15) is 52.9 Å². The molecule has 0 aliphatic rings. The fourth-order valence-electron chi connectivity index (χ4n) is 3.49. The summed E-state index contributed by atoms with van der Waals surface area (Å²) in [5, 5.41) is 13.3. The minimum Gasteiger partial charge on any atom is -0.443 e. The van der Waals surface area contributed by atoms with Gasteiger partial charge in [0.1, 0.15) is 16.3 Å². The van der Waals surface area contributed by atoms with Crippen LogP contribution in [0.2, 0.25) is 10.0 Å². The zero-order chi connectivity index (χ0) is 32.2. The second-order valence-electron chi connectivity index (χ2n) is 10.7. The van der Waals surface area contributed by atoms with Crippen LogP contribution in [0.4, 0.5) is 37.0 Å². The molecule has 1 atom stereocenters. The number of benzene rings is 1. The van der Waals surface area contributed by atoms with Gasteiger partial charge in [0.05, 0.1) is 26.6 Å². The third-order valence-electron chi connectivity index (χ3n) is 4.98. The van der Waals surface area contributed by atoms with Gasteiger partial charge in [0.15, 0.2) is 11.5 Å². The van der Waals surface area contributed by atoms with E-state index < -0.39 is 74.6 Å². The summed E-state index contributed by atoms with van der Waals surface area (Å²) in [6.45, 7) is 9.12. The monoisotopic (exact) mass is 663 g/mol. The molecule has 0 saturated carbocycles. The Labute approximate surface area is 250 Å². The first-order valence-corrected chi connectivity index (χ1v) is 13.8. The van der Waals surface area contributed by atoms with E-state index in [1.54, 1.807) is 0 Å². The molecule has 1 aromatic carbocycles. The first-order valence-electron chi connectivity index (χ1n) is 11.8. The zero-order valence-corrected chi connectivity index (χ0v) is 25.4. The predicted octanol–water partition coefficient (Wildman–Crippen LogP) is 7.71. The van der Waals surface area contributed by atoms with Gasteiger partial charge in [-0.2, -0.15) is 26.3 Å². The van der Waals surface area contributed by atoms with Crippen molar-refractivity contribution in [3.63, 3.8) is 0 Å². The van der Waals surface area contributed by atoms with E-state index >= 15 is 0 Å². The largest absolute Gasteiger partial charge is 0.451 e. The van der Waals surface area contributed by atoms with Gasteiger partial charge in [0.2, 0.25) is 12.2 Å². The van der Waals surface area contributed by atoms with E-state index in [-0.39, 0.29) is 10.4 Å². The SMILES string of the molecule is CSc1nc(C(F)(F)F)nc2nn(-c3c(Cl)cc(C(F)(F)F)cc3Cl)c(N(C(=O)OC(C)(C)C)C(O)OC(C)(C)C)c12. The van der Waals surface area contributed by atoms with Crippen molar-refractivity contribution >= 4 is 57.9 Å². The Hall–Kier alpha value is -2.53. The molecule has 1 unspecified atom stereocenters. The normalized spacial score (nSPS) is 13.9. The van der Waals surface area contributed by atoms with E-state index in [2.05, 4.69) is 15.1 Å². The standard InChI is InChI=1S/C24H25Cl2F6N5O4S/c1-21(2,3)40-19(38)36(20(39)41-22(4,5)6)17-13-15(33-18(24(30,31)32)34-16(13)42-7)35-37(17)14-11(25)8-10(9-12(14)26)23(27,28)29/h8-9,19,38H,1-7H3. The van der Waals surface area contributed by atoms with Gasteiger partial charge in [0, 0.05) is 0 Å². The smallest absolute Gasteiger partial charge is 0.443 e. The second-order valence-corrected chi connectivity index (χ2v) is 12.3. The number of fused-ring (bicyclic) bond motifs is 1. The molecule has 0 bridgehead atoms. The maximum Gasteiger partial charge on any atom is 0.451 e. The number of carbonyl (C=O) groups excluding carboxylic acids is 1. The van der Waals surface area contributed by atoms with Crippen LogP contribution in [-0.2, 0) is 21.8 Å². The van der Waals surface area contributed by atoms with E-state index in [0.717, 1.165) is 0 Å². The summed E-state index contributed by atoms with van der Waals surface area (Å²) in [6, 6.07) is 1.03. The number of halogens is 8. The number of rotatable bonds is 5. The van der Waals surface area contributed by atoms with Crippen LogP contribution in [0.5, 0.6) is 0 Å². The lowest BCUT2D eigenvalue weighted by atomic mass is 10.2. The Balaban J connectivity index is 2.53. The molecular formula is C24H25Cl2F6N5O4S. The maximum atomic E-state index is 13.7. The molecule has 1 amide bonds. The Morgan fingerprint density at radius 2 is 1.52 bits per heavy atom. The van der Waals surface area contributed by atoms with Crippen LogP contribution < -0.4 is 4.90 Å². The molecule has 1 N–H and O–H groups in total. The van der Waals surface area contributed by atoms with Crippen molar-refractivity contribution in [2.75, 3.05) is 11.2 Å². The lowest BCUT2D eigenvalue weighted by Gasteiger charge is -2.34. The number of amides is 1. The molecule has 0 aliphatic carbocycles. The molecule has 0 spiro atoms. The average Bonchev–Trinajstić information content (AvgIpc) is 3.13. The molecule has 2 heterocycles. The summed E-state index contributed by atoms with van der Waals surface area (Å²) < 4.78 is 93.1.